The summed E-state index contributed by atoms with van der Waals surface area (Å²) in [6.07, 6.45) is 0.617. The topological polar surface area (TPSA) is 51.2 Å². The molecule has 0 amide bonds. The Morgan fingerprint density at radius 2 is 2.24 bits per heavy atom. The van der Waals surface area contributed by atoms with Crippen LogP contribution in [0.3, 0.4) is 0 Å². The zero-order valence-electron chi connectivity index (χ0n) is 13.8. The molecule has 114 valence electrons. The summed E-state index contributed by atoms with van der Waals surface area (Å²) in [5.74, 6) is -0.282. The minimum absolute atomic E-state index is 0.0112. The highest BCUT2D eigenvalue weighted by molar-refractivity contribution is 14.1. The number of pyridine rings is 1. The van der Waals surface area contributed by atoms with Gasteiger partial charge in [-0.1, -0.05) is 43.4 Å². The van der Waals surface area contributed by atoms with Gasteiger partial charge >= 0.3 is 5.97 Å². The van der Waals surface area contributed by atoms with Crippen LogP contribution in [-0.2, 0) is 10.3 Å². The van der Waals surface area contributed by atoms with E-state index in [2.05, 4.69) is 48.3 Å². The first-order chi connectivity index (χ1) is 10.2. The second kappa shape index (κ2) is 4.91. The third-order valence-corrected chi connectivity index (χ3v) is 6.04. The second-order valence-electron chi connectivity index (χ2n) is 7.00. The van der Waals surface area contributed by atoms with Crippen LogP contribution >= 0.6 is 22.6 Å². The second-order valence-corrected chi connectivity index (χ2v) is 8.34. The van der Waals surface area contributed by atoms with Gasteiger partial charge in [0.25, 0.3) is 0 Å². The lowest BCUT2D eigenvalue weighted by Crippen LogP contribution is -2.60. The molecular formula is C16H21IN2O2. The highest BCUT2D eigenvalue weighted by Gasteiger charge is 2.57. The van der Waals surface area contributed by atoms with Gasteiger partial charge in [-0.2, -0.15) is 0 Å². The summed E-state index contributed by atoms with van der Waals surface area (Å²) in [6, 6.07) is 3.65. The Kier molecular flexibility index (Phi) is 3.26. The monoisotopic (exact) mass is 401 g/mol. The molecule has 2 aliphatic heterocycles. The molecule has 0 aliphatic carbocycles. The highest BCUT2D eigenvalue weighted by atomic mass is 127. The summed E-state index contributed by atoms with van der Waals surface area (Å²) in [6.45, 7) is 8.89. The van der Waals surface area contributed by atoms with E-state index in [1.54, 1.807) is 5.31 Å². The molecule has 3 heterocycles. The number of piperidine rings is 1. The first-order valence-electron chi connectivity index (χ1n) is 7.72. The number of carbonyl (C=O) groups excluding carboxylic acids is 1. The van der Waals surface area contributed by atoms with Crippen LogP contribution < -0.4 is 5.31 Å². The molecule has 1 N–H and O–H groups in total. The Morgan fingerprint density at radius 1 is 1.52 bits per heavy atom. The summed E-state index contributed by atoms with van der Waals surface area (Å²) >= 11 is 2.35. The summed E-state index contributed by atoms with van der Waals surface area (Å²) < 4.78 is 14.2. The van der Waals surface area contributed by atoms with Crippen molar-refractivity contribution in [2.45, 2.75) is 49.7 Å². The van der Waals surface area contributed by atoms with Gasteiger partial charge in [-0.15, -0.1) is 0 Å². The van der Waals surface area contributed by atoms with Crippen molar-refractivity contribution in [1.29, 1.82) is 0 Å². The summed E-state index contributed by atoms with van der Waals surface area (Å²) in [5, 5.41) is 1.64. The molecule has 1 aromatic heterocycles. The van der Waals surface area contributed by atoms with E-state index in [9.17, 15) is 4.79 Å². The van der Waals surface area contributed by atoms with Crippen LogP contribution in [0.4, 0.5) is 0 Å². The average Bonchev–Trinajstić information content (AvgIpc) is 2.67. The number of carbonyl (C=O) groups is 1. The molecule has 0 bridgehead atoms. The number of nitrogens with one attached hydrogen (secondary N) is 1. The van der Waals surface area contributed by atoms with Gasteiger partial charge in [0.05, 0.1) is 9.49 Å². The van der Waals surface area contributed by atoms with Crippen molar-refractivity contribution in [3.8, 4) is 0 Å². The van der Waals surface area contributed by atoms with E-state index in [1.807, 2.05) is 19.1 Å². The molecule has 0 radical (unpaired) electrons. The zero-order valence-corrected chi connectivity index (χ0v) is 15.0. The third kappa shape index (κ3) is 2.29. The molecule has 1 fully saturated rings. The van der Waals surface area contributed by atoms with Crippen LogP contribution in [-0.4, -0.2) is 27.5 Å². The number of ether oxygens (including phenoxy) is 1. The van der Waals surface area contributed by atoms with Gasteiger partial charge in [-0.25, -0.2) is 4.79 Å². The molecule has 4 nitrogen and oxygen atoms in total. The molecule has 2 aliphatic rings. The predicted octanol–water partition coefficient (Wildman–Crippen LogP) is 2.97. The number of halogens is 1. The SMILES string of the molecule is [2H]N1CCC2(OC(=O)c3ccc(C)nc32)C(I)C1C(C)(C)C. The van der Waals surface area contributed by atoms with Crippen molar-refractivity contribution in [2.75, 3.05) is 6.54 Å². The van der Waals surface area contributed by atoms with Gasteiger partial charge in [0, 0.05) is 18.2 Å². The molecule has 0 saturated carbocycles. The van der Waals surface area contributed by atoms with Crippen molar-refractivity contribution in [3.63, 3.8) is 0 Å². The van der Waals surface area contributed by atoms with Crippen LogP contribution in [0.15, 0.2) is 12.1 Å². The van der Waals surface area contributed by atoms with E-state index in [4.69, 9.17) is 6.15 Å². The summed E-state index contributed by atoms with van der Waals surface area (Å²) in [4.78, 5) is 17.0. The number of hydrogen-bond donors (Lipinski definition) is 1. The fraction of sp³-hybridized carbons (Fsp3) is 0.625. The molecule has 1 spiro atoms. The van der Waals surface area contributed by atoms with Crippen LogP contribution in [0, 0.1) is 12.3 Å². The molecule has 21 heavy (non-hydrogen) atoms. The predicted molar refractivity (Wildman–Crippen MR) is 89.7 cm³/mol. The lowest BCUT2D eigenvalue weighted by molar-refractivity contribution is -0.0358. The van der Waals surface area contributed by atoms with Gasteiger partial charge < -0.3 is 10.0 Å². The lowest BCUT2D eigenvalue weighted by atomic mass is 9.74. The van der Waals surface area contributed by atoms with Crippen molar-refractivity contribution >= 4 is 28.6 Å². The molecule has 3 unspecified atom stereocenters. The van der Waals surface area contributed by atoms with Crippen LogP contribution in [0.1, 0.15) is 48.9 Å². The standard InChI is InChI=1S/C16H21IN2O2/c1-9-5-6-10-12(19-9)16(21-14(10)20)7-8-18-13(11(16)17)15(2,3)4/h5-6,11,13,18H,7-8H2,1-4H3/i/hD. The van der Waals surface area contributed by atoms with Gasteiger partial charge in [0.1, 0.15) is 7.11 Å². The van der Waals surface area contributed by atoms with E-state index in [0.717, 1.165) is 11.4 Å². The van der Waals surface area contributed by atoms with Crippen molar-refractivity contribution in [1.82, 2.24) is 10.3 Å². The van der Waals surface area contributed by atoms with E-state index >= 15 is 0 Å². The van der Waals surface area contributed by atoms with Crippen molar-refractivity contribution in [2.24, 2.45) is 5.41 Å². The number of aryl methyl sites for hydroxylation is 1. The Balaban J connectivity index is 2.12. The van der Waals surface area contributed by atoms with Crippen molar-refractivity contribution < 1.29 is 10.9 Å². The van der Waals surface area contributed by atoms with Gasteiger partial charge in [-0.05, 0) is 31.0 Å². The first kappa shape index (κ1) is 13.9. The zero-order chi connectivity index (χ0) is 16.3. The molecule has 3 rings (SSSR count). The van der Waals surface area contributed by atoms with E-state index < -0.39 is 5.60 Å². The minimum Gasteiger partial charge on any atom is -0.448 e. The molecule has 5 heteroatoms. The van der Waals surface area contributed by atoms with E-state index in [-0.39, 0.29) is 21.4 Å². The van der Waals surface area contributed by atoms with Crippen LogP contribution in [0.25, 0.3) is 0 Å². The fourth-order valence-corrected chi connectivity index (χ4v) is 5.28. The Morgan fingerprint density at radius 3 is 2.90 bits per heavy atom. The first-order valence-corrected chi connectivity index (χ1v) is 8.52. The van der Waals surface area contributed by atoms with Crippen LogP contribution in [0.5, 0.6) is 0 Å². The average molecular weight is 401 g/mol. The number of rotatable bonds is 0. The molecule has 0 aromatic carbocycles. The number of alkyl halides is 1. The van der Waals surface area contributed by atoms with E-state index in [0.29, 0.717) is 18.5 Å². The van der Waals surface area contributed by atoms with Crippen molar-refractivity contribution in [3.05, 3.63) is 29.1 Å². The number of hydrogen-bond acceptors (Lipinski definition) is 4. The molecular weight excluding hydrogens is 379 g/mol. The minimum atomic E-state index is -0.700. The van der Waals surface area contributed by atoms with Gasteiger partial charge in [0.15, 0.2) is 5.60 Å². The third-order valence-electron chi connectivity index (χ3n) is 4.35. The lowest BCUT2D eigenvalue weighted by Gasteiger charge is -2.47. The molecule has 1 saturated heterocycles. The molecule has 3 atom stereocenters. The summed E-state index contributed by atoms with van der Waals surface area (Å²) in [7, 11) is 0. The van der Waals surface area contributed by atoms with Gasteiger partial charge in [0.2, 0.25) is 0 Å². The normalized spacial score (nSPS) is 33.8. The number of esters is 1. The number of fused-ring (bicyclic) bond motifs is 2. The highest BCUT2D eigenvalue weighted by Crippen LogP contribution is 2.49. The quantitative estimate of drug-likeness (QED) is 0.413. The largest absolute Gasteiger partial charge is 0.448 e. The maximum absolute atomic E-state index is 12.3. The number of aromatic nitrogens is 1. The van der Waals surface area contributed by atoms with E-state index in [1.165, 1.54) is 0 Å². The maximum Gasteiger partial charge on any atom is 0.341 e. The summed E-state index contributed by atoms with van der Waals surface area (Å²) in [5.41, 5.74) is 1.45. The van der Waals surface area contributed by atoms with Crippen LogP contribution in [0.2, 0.25) is 1.41 Å². The Labute approximate surface area is 140 Å². The smallest absolute Gasteiger partial charge is 0.341 e. The Bertz CT molecular complexity index is 631. The number of nitrogens with zero attached hydrogens (tertiary/aromatic N) is 1. The van der Waals surface area contributed by atoms with Gasteiger partial charge in [-0.3, -0.25) is 4.98 Å². The molecule has 1 aromatic rings. The Hall–Kier alpha value is -0.690. The maximum atomic E-state index is 12.3. The fourth-order valence-electron chi connectivity index (χ4n) is 3.24.